The third kappa shape index (κ3) is 4.95. The molecular weight excluding hydrogens is 360 g/mol. The van der Waals surface area contributed by atoms with E-state index in [9.17, 15) is 4.79 Å². The lowest BCUT2D eigenvalue weighted by molar-refractivity contribution is -0.134. The molecule has 0 spiro atoms. The molecule has 0 radical (unpaired) electrons. The number of carbonyl (C=O) groups excluding carboxylic acids is 1. The SMILES string of the molecule is CCCN(CCCOc1ccc2c(Nc3cn[nH]c3)ncnc2c1)C(=O)CO. The predicted molar refractivity (Wildman–Crippen MR) is 105 cm³/mol. The number of rotatable bonds is 10. The maximum absolute atomic E-state index is 11.7. The highest BCUT2D eigenvalue weighted by Gasteiger charge is 2.11. The molecular formula is C19H24N6O3. The van der Waals surface area contributed by atoms with E-state index in [0.29, 0.717) is 37.7 Å². The summed E-state index contributed by atoms with van der Waals surface area (Å²) in [7, 11) is 0. The fraction of sp³-hybridized carbons (Fsp3) is 0.368. The summed E-state index contributed by atoms with van der Waals surface area (Å²) in [5.74, 6) is 1.15. The molecule has 9 nitrogen and oxygen atoms in total. The van der Waals surface area contributed by atoms with Crippen molar-refractivity contribution >= 4 is 28.3 Å². The lowest BCUT2D eigenvalue weighted by Gasteiger charge is -2.21. The van der Waals surface area contributed by atoms with Gasteiger partial charge in [-0.15, -0.1) is 0 Å². The Morgan fingerprint density at radius 3 is 2.96 bits per heavy atom. The van der Waals surface area contributed by atoms with E-state index >= 15 is 0 Å². The molecule has 1 amide bonds. The lowest BCUT2D eigenvalue weighted by Crippen LogP contribution is -2.35. The average Bonchev–Trinajstić information content (AvgIpc) is 3.23. The fourth-order valence-corrected chi connectivity index (χ4v) is 2.86. The molecule has 0 saturated heterocycles. The normalized spacial score (nSPS) is 10.8. The molecule has 0 aliphatic heterocycles. The molecule has 2 aromatic heterocycles. The Labute approximate surface area is 162 Å². The third-order valence-electron chi connectivity index (χ3n) is 4.19. The minimum atomic E-state index is -0.458. The number of H-pyrrole nitrogens is 1. The highest BCUT2D eigenvalue weighted by Crippen LogP contribution is 2.25. The lowest BCUT2D eigenvalue weighted by atomic mass is 10.2. The van der Waals surface area contributed by atoms with E-state index in [1.54, 1.807) is 17.3 Å². The van der Waals surface area contributed by atoms with Crippen LogP contribution in [0.1, 0.15) is 19.8 Å². The van der Waals surface area contributed by atoms with E-state index in [1.807, 2.05) is 25.1 Å². The molecule has 9 heteroatoms. The molecule has 0 aliphatic rings. The fourth-order valence-electron chi connectivity index (χ4n) is 2.86. The molecule has 3 rings (SSSR count). The summed E-state index contributed by atoms with van der Waals surface area (Å²) < 4.78 is 5.81. The molecule has 0 saturated carbocycles. The summed E-state index contributed by atoms with van der Waals surface area (Å²) in [4.78, 5) is 21.9. The van der Waals surface area contributed by atoms with Crippen LogP contribution in [0.25, 0.3) is 10.9 Å². The first-order chi connectivity index (χ1) is 13.7. The summed E-state index contributed by atoms with van der Waals surface area (Å²) in [6.45, 7) is 3.21. The number of aliphatic hydroxyl groups is 1. The first kappa shape index (κ1) is 19.6. The van der Waals surface area contributed by atoms with Crippen molar-refractivity contribution in [2.24, 2.45) is 0 Å². The minimum Gasteiger partial charge on any atom is -0.493 e. The smallest absolute Gasteiger partial charge is 0.248 e. The van der Waals surface area contributed by atoms with Crippen molar-refractivity contribution in [2.75, 3.05) is 31.6 Å². The Bertz CT molecular complexity index is 900. The third-order valence-corrected chi connectivity index (χ3v) is 4.19. The van der Waals surface area contributed by atoms with Gasteiger partial charge in [-0.25, -0.2) is 9.97 Å². The number of amides is 1. The number of fused-ring (bicyclic) bond motifs is 1. The van der Waals surface area contributed by atoms with Crippen molar-refractivity contribution in [1.82, 2.24) is 25.1 Å². The van der Waals surface area contributed by atoms with Crippen LogP contribution in [0.15, 0.2) is 36.9 Å². The number of hydrogen-bond acceptors (Lipinski definition) is 7. The van der Waals surface area contributed by atoms with Crippen molar-refractivity contribution in [1.29, 1.82) is 0 Å². The monoisotopic (exact) mass is 384 g/mol. The number of benzene rings is 1. The van der Waals surface area contributed by atoms with Gasteiger partial charge in [-0.2, -0.15) is 5.10 Å². The summed E-state index contributed by atoms with van der Waals surface area (Å²) in [5.41, 5.74) is 1.58. The van der Waals surface area contributed by atoms with E-state index < -0.39 is 6.61 Å². The Balaban J connectivity index is 1.59. The average molecular weight is 384 g/mol. The van der Waals surface area contributed by atoms with E-state index in [1.165, 1.54) is 6.33 Å². The number of aliphatic hydroxyl groups excluding tert-OH is 1. The second-order valence-electron chi connectivity index (χ2n) is 6.25. The zero-order chi connectivity index (χ0) is 19.8. The zero-order valence-electron chi connectivity index (χ0n) is 15.8. The van der Waals surface area contributed by atoms with Crippen LogP contribution >= 0.6 is 0 Å². The van der Waals surface area contributed by atoms with Crippen LogP contribution in [-0.2, 0) is 4.79 Å². The molecule has 0 fully saturated rings. The van der Waals surface area contributed by atoms with Gasteiger partial charge >= 0.3 is 0 Å². The first-order valence-electron chi connectivity index (χ1n) is 9.23. The summed E-state index contributed by atoms with van der Waals surface area (Å²) in [5, 5.41) is 19.7. The van der Waals surface area contributed by atoms with Crippen LogP contribution in [-0.4, -0.2) is 62.4 Å². The second-order valence-corrected chi connectivity index (χ2v) is 6.25. The summed E-state index contributed by atoms with van der Waals surface area (Å²) in [6, 6.07) is 5.64. The molecule has 0 unspecified atom stereocenters. The molecule has 1 aromatic carbocycles. The summed E-state index contributed by atoms with van der Waals surface area (Å²) in [6.07, 6.45) is 6.45. The number of aromatic nitrogens is 4. The van der Waals surface area contributed by atoms with Crippen LogP contribution in [0.3, 0.4) is 0 Å². The van der Waals surface area contributed by atoms with Gasteiger partial charge in [0.2, 0.25) is 5.91 Å². The van der Waals surface area contributed by atoms with Crippen molar-refractivity contribution < 1.29 is 14.6 Å². The number of nitrogens with zero attached hydrogens (tertiary/aromatic N) is 4. The van der Waals surface area contributed by atoms with Gasteiger partial charge in [-0.1, -0.05) is 6.92 Å². The maximum Gasteiger partial charge on any atom is 0.248 e. The molecule has 0 atom stereocenters. The number of nitrogens with one attached hydrogen (secondary N) is 2. The van der Waals surface area contributed by atoms with Crippen LogP contribution in [0, 0.1) is 0 Å². The van der Waals surface area contributed by atoms with Crippen molar-refractivity contribution in [3.8, 4) is 5.75 Å². The number of hydrogen-bond donors (Lipinski definition) is 3. The van der Waals surface area contributed by atoms with Gasteiger partial charge in [0.1, 0.15) is 24.5 Å². The number of anilines is 2. The van der Waals surface area contributed by atoms with Crippen LogP contribution in [0.4, 0.5) is 11.5 Å². The minimum absolute atomic E-state index is 0.248. The highest BCUT2D eigenvalue weighted by molar-refractivity contribution is 5.91. The molecule has 0 aliphatic carbocycles. The van der Waals surface area contributed by atoms with Crippen LogP contribution < -0.4 is 10.1 Å². The predicted octanol–water partition coefficient (Wildman–Crippen LogP) is 2.10. The number of carbonyl (C=O) groups is 1. The molecule has 3 aromatic rings. The molecule has 28 heavy (non-hydrogen) atoms. The van der Waals surface area contributed by atoms with Gasteiger partial charge in [0.25, 0.3) is 0 Å². The Hall–Kier alpha value is -3.20. The largest absolute Gasteiger partial charge is 0.493 e. The van der Waals surface area contributed by atoms with E-state index in [2.05, 4.69) is 25.5 Å². The Kier molecular flexibility index (Phi) is 6.74. The first-order valence-corrected chi connectivity index (χ1v) is 9.23. The van der Waals surface area contributed by atoms with Gasteiger partial charge in [0, 0.05) is 30.7 Å². The van der Waals surface area contributed by atoms with Crippen LogP contribution in [0.5, 0.6) is 5.75 Å². The van der Waals surface area contributed by atoms with Gasteiger partial charge in [0.05, 0.1) is 24.0 Å². The van der Waals surface area contributed by atoms with Gasteiger partial charge in [-0.05, 0) is 25.0 Å². The van der Waals surface area contributed by atoms with Gasteiger partial charge in [0.15, 0.2) is 0 Å². The van der Waals surface area contributed by atoms with Gasteiger partial charge in [-0.3, -0.25) is 9.89 Å². The zero-order valence-corrected chi connectivity index (χ0v) is 15.8. The second kappa shape index (κ2) is 9.65. The summed E-state index contributed by atoms with van der Waals surface area (Å²) >= 11 is 0. The maximum atomic E-state index is 11.7. The van der Waals surface area contributed by atoms with Crippen LogP contribution in [0.2, 0.25) is 0 Å². The van der Waals surface area contributed by atoms with Crippen molar-refractivity contribution in [2.45, 2.75) is 19.8 Å². The molecule has 2 heterocycles. The molecule has 3 N–H and O–H groups in total. The quantitative estimate of drug-likeness (QED) is 0.458. The highest BCUT2D eigenvalue weighted by atomic mass is 16.5. The van der Waals surface area contributed by atoms with E-state index in [-0.39, 0.29) is 5.91 Å². The number of aromatic amines is 1. The van der Waals surface area contributed by atoms with E-state index in [0.717, 1.165) is 23.0 Å². The topological polar surface area (TPSA) is 116 Å². The van der Waals surface area contributed by atoms with Gasteiger partial charge < -0.3 is 20.1 Å². The number of ether oxygens (including phenoxy) is 1. The van der Waals surface area contributed by atoms with Crippen molar-refractivity contribution in [3.05, 3.63) is 36.9 Å². The molecule has 0 bridgehead atoms. The Morgan fingerprint density at radius 2 is 2.21 bits per heavy atom. The van der Waals surface area contributed by atoms with Crippen molar-refractivity contribution in [3.63, 3.8) is 0 Å². The molecule has 148 valence electrons. The standard InChI is InChI=1S/C19H24N6O3/c1-2-6-25(18(27)12-26)7-3-8-28-15-4-5-16-17(9-15)20-13-21-19(16)24-14-10-22-23-11-14/h4-5,9-11,13,26H,2-3,6-8,12H2,1H3,(H,22,23)(H,20,21,24). The Morgan fingerprint density at radius 1 is 1.32 bits per heavy atom. The van der Waals surface area contributed by atoms with E-state index in [4.69, 9.17) is 9.84 Å².